The number of hydrogen-bond donors (Lipinski definition) is 1. The minimum Gasteiger partial charge on any atom is -0.497 e. The molecule has 0 aliphatic carbocycles. The van der Waals surface area contributed by atoms with Gasteiger partial charge in [-0.15, -0.1) is 11.3 Å². The Balaban J connectivity index is 2.01. The van der Waals surface area contributed by atoms with Gasteiger partial charge in [0, 0.05) is 10.9 Å². The molecular weight excluding hydrogens is 270 g/mol. The SMILES string of the molecule is CCC(N)C(OCc1ccc(OC)cc1)c1cccs1. The number of nitrogens with two attached hydrogens (primary N) is 1. The molecule has 2 unspecified atom stereocenters. The summed E-state index contributed by atoms with van der Waals surface area (Å²) in [5.41, 5.74) is 7.30. The van der Waals surface area contributed by atoms with Crippen molar-refractivity contribution in [1.82, 2.24) is 0 Å². The molecule has 0 aliphatic heterocycles. The van der Waals surface area contributed by atoms with Crippen molar-refractivity contribution < 1.29 is 9.47 Å². The van der Waals surface area contributed by atoms with Crippen molar-refractivity contribution in [1.29, 1.82) is 0 Å². The van der Waals surface area contributed by atoms with Gasteiger partial charge in [-0.1, -0.05) is 25.1 Å². The van der Waals surface area contributed by atoms with Gasteiger partial charge in [-0.05, 0) is 35.6 Å². The Morgan fingerprint density at radius 3 is 2.50 bits per heavy atom. The molecule has 0 saturated heterocycles. The maximum absolute atomic E-state index is 6.18. The summed E-state index contributed by atoms with van der Waals surface area (Å²) in [7, 11) is 1.67. The van der Waals surface area contributed by atoms with E-state index in [0.29, 0.717) is 6.61 Å². The molecule has 3 nitrogen and oxygen atoms in total. The molecule has 20 heavy (non-hydrogen) atoms. The Hall–Kier alpha value is -1.36. The van der Waals surface area contributed by atoms with Crippen molar-refractivity contribution >= 4 is 11.3 Å². The van der Waals surface area contributed by atoms with Crippen molar-refractivity contribution in [3.8, 4) is 5.75 Å². The first-order valence-electron chi connectivity index (χ1n) is 6.78. The molecule has 0 spiro atoms. The van der Waals surface area contributed by atoms with Crippen LogP contribution < -0.4 is 10.5 Å². The summed E-state index contributed by atoms with van der Waals surface area (Å²) in [6.07, 6.45) is 0.854. The van der Waals surface area contributed by atoms with Crippen LogP contribution in [0.1, 0.15) is 29.9 Å². The Labute approximate surface area is 124 Å². The first-order valence-corrected chi connectivity index (χ1v) is 7.66. The van der Waals surface area contributed by atoms with E-state index >= 15 is 0 Å². The molecular formula is C16H21NO2S. The summed E-state index contributed by atoms with van der Waals surface area (Å²) in [5.74, 6) is 0.855. The fraction of sp³-hybridized carbons (Fsp3) is 0.375. The van der Waals surface area contributed by atoms with Crippen LogP contribution in [0, 0.1) is 0 Å². The first-order chi connectivity index (χ1) is 9.74. The van der Waals surface area contributed by atoms with Crippen LogP contribution in [-0.4, -0.2) is 13.2 Å². The fourth-order valence-corrected chi connectivity index (χ4v) is 2.84. The summed E-state index contributed by atoms with van der Waals surface area (Å²) in [6, 6.07) is 12.1. The highest BCUT2D eigenvalue weighted by molar-refractivity contribution is 7.10. The van der Waals surface area contributed by atoms with E-state index in [-0.39, 0.29) is 12.1 Å². The van der Waals surface area contributed by atoms with Crippen LogP contribution in [0.4, 0.5) is 0 Å². The number of methoxy groups -OCH3 is 1. The molecule has 0 aliphatic rings. The third-order valence-corrected chi connectivity index (χ3v) is 4.21. The first kappa shape index (κ1) is 15.0. The minimum absolute atomic E-state index is 0.0203. The molecule has 0 fully saturated rings. The molecule has 0 saturated carbocycles. The van der Waals surface area contributed by atoms with Crippen molar-refractivity contribution in [2.75, 3.05) is 7.11 Å². The molecule has 1 aromatic carbocycles. The van der Waals surface area contributed by atoms with Gasteiger partial charge in [0.05, 0.1) is 13.7 Å². The lowest BCUT2D eigenvalue weighted by Crippen LogP contribution is -2.28. The zero-order valence-electron chi connectivity index (χ0n) is 11.9. The minimum atomic E-state index is -0.0397. The Morgan fingerprint density at radius 1 is 1.20 bits per heavy atom. The average molecular weight is 291 g/mol. The van der Waals surface area contributed by atoms with Crippen LogP contribution in [-0.2, 0) is 11.3 Å². The number of rotatable bonds is 7. The standard InChI is InChI=1S/C16H21NO2S/c1-3-14(17)16(15-5-4-10-20-15)19-11-12-6-8-13(18-2)9-7-12/h4-10,14,16H,3,11,17H2,1-2H3. The van der Waals surface area contributed by atoms with Gasteiger partial charge in [0.25, 0.3) is 0 Å². The number of thiophene rings is 1. The second-order valence-electron chi connectivity index (χ2n) is 4.67. The molecule has 2 aromatic rings. The Kier molecular flexibility index (Phi) is 5.59. The van der Waals surface area contributed by atoms with Crippen molar-refractivity contribution in [3.05, 3.63) is 52.2 Å². The quantitative estimate of drug-likeness (QED) is 0.845. The number of hydrogen-bond acceptors (Lipinski definition) is 4. The number of benzene rings is 1. The monoisotopic (exact) mass is 291 g/mol. The van der Waals surface area contributed by atoms with Gasteiger partial charge < -0.3 is 15.2 Å². The van der Waals surface area contributed by atoms with Gasteiger partial charge in [0.2, 0.25) is 0 Å². The van der Waals surface area contributed by atoms with Crippen molar-refractivity contribution in [2.24, 2.45) is 5.73 Å². The largest absolute Gasteiger partial charge is 0.497 e. The third kappa shape index (κ3) is 3.82. The van der Waals surface area contributed by atoms with E-state index in [1.165, 1.54) is 4.88 Å². The molecule has 2 atom stereocenters. The lowest BCUT2D eigenvalue weighted by molar-refractivity contribution is 0.0236. The highest BCUT2D eigenvalue weighted by atomic mass is 32.1. The lowest BCUT2D eigenvalue weighted by atomic mass is 10.1. The maximum Gasteiger partial charge on any atom is 0.118 e. The third-order valence-electron chi connectivity index (χ3n) is 3.27. The molecule has 108 valence electrons. The van der Waals surface area contributed by atoms with Gasteiger partial charge >= 0.3 is 0 Å². The summed E-state index contributed by atoms with van der Waals surface area (Å²) >= 11 is 1.69. The van der Waals surface area contributed by atoms with E-state index in [0.717, 1.165) is 17.7 Å². The molecule has 2 rings (SSSR count). The summed E-state index contributed by atoms with van der Waals surface area (Å²) in [5, 5.41) is 2.06. The van der Waals surface area contributed by atoms with Gasteiger partial charge in [0.15, 0.2) is 0 Å². The molecule has 2 N–H and O–H groups in total. The zero-order chi connectivity index (χ0) is 14.4. The maximum atomic E-state index is 6.18. The predicted molar refractivity (Wildman–Crippen MR) is 83.1 cm³/mol. The van der Waals surface area contributed by atoms with E-state index in [1.807, 2.05) is 30.3 Å². The van der Waals surface area contributed by atoms with Crippen molar-refractivity contribution in [3.63, 3.8) is 0 Å². The topological polar surface area (TPSA) is 44.5 Å². The van der Waals surface area contributed by atoms with Gasteiger partial charge in [-0.3, -0.25) is 0 Å². The average Bonchev–Trinajstić information content (AvgIpc) is 3.02. The van der Waals surface area contributed by atoms with Gasteiger partial charge in [-0.25, -0.2) is 0 Å². The summed E-state index contributed by atoms with van der Waals surface area (Å²) < 4.78 is 11.2. The molecule has 0 radical (unpaired) electrons. The van der Waals surface area contributed by atoms with Crippen LogP contribution >= 0.6 is 11.3 Å². The molecule has 1 heterocycles. The second kappa shape index (κ2) is 7.43. The lowest BCUT2D eigenvalue weighted by Gasteiger charge is -2.22. The van der Waals surface area contributed by atoms with Gasteiger partial charge in [0.1, 0.15) is 11.9 Å². The highest BCUT2D eigenvalue weighted by Crippen LogP contribution is 2.27. The van der Waals surface area contributed by atoms with Crippen LogP contribution in [0.3, 0.4) is 0 Å². The Morgan fingerprint density at radius 2 is 1.95 bits per heavy atom. The van der Waals surface area contributed by atoms with Crippen LogP contribution in [0.5, 0.6) is 5.75 Å². The molecule has 4 heteroatoms. The highest BCUT2D eigenvalue weighted by Gasteiger charge is 2.20. The zero-order valence-corrected chi connectivity index (χ0v) is 12.7. The summed E-state index contributed by atoms with van der Waals surface area (Å²) in [4.78, 5) is 1.19. The van der Waals surface area contributed by atoms with Crippen LogP contribution in [0.25, 0.3) is 0 Å². The molecule has 0 amide bonds. The predicted octanol–water partition coefficient (Wildman–Crippen LogP) is 3.75. The van der Waals surface area contributed by atoms with E-state index in [4.69, 9.17) is 15.2 Å². The molecule has 0 bridgehead atoms. The van der Waals surface area contributed by atoms with Crippen molar-refractivity contribution in [2.45, 2.75) is 32.1 Å². The van der Waals surface area contributed by atoms with Crippen LogP contribution in [0.2, 0.25) is 0 Å². The smallest absolute Gasteiger partial charge is 0.118 e. The van der Waals surface area contributed by atoms with Crippen LogP contribution in [0.15, 0.2) is 41.8 Å². The normalized spacial score (nSPS) is 13.9. The summed E-state index contributed by atoms with van der Waals surface area (Å²) in [6.45, 7) is 2.64. The fourth-order valence-electron chi connectivity index (χ4n) is 1.99. The van der Waals surface area contributed by atoms with Gasteiger partial charge in [-0.2, -0.15) is 0 Å². The second-order valence-corrected chi connectivity index (χ2v) is 5.65. The number of ether oxygens (including phenoxy) is 2. The van der Waals surface area contributed by atoms with E-state index in [1.54, 1.807) is 18.4 Å². The van der Waals surface area contributed by atoms with E-state index < -0.39 is 0 Å². The molecule has 1 aromatic heterocycles. The van der Waals surface area contributed by atoms with E-state index in [2.05, 4.69) is 18.4 Å². The van der Waals surface area contributed by atoms with E-state index in [9.17, 15) is 0 Å². The Bertz CT molecular complexity index is 496.